The van der Waals surface area contributed by atoms with Crippen LogP contribution in [0.1, 0.15) is 0 Å². The van der Waals surface area contributed by atoms with Crippen molar-refractivity contribution in [3.8, 4) is 11.5 Å². The van der Waals surface area contributed by atoms with E-state index in [0.717, 1.165) is 25.6 Å². The van der Waals surface area contributed by atoms with Gasteiger partial charge in [-0.25, -0.2) is 4.98 Å². The van der Waals surface area contributed by atoms with E-state index in [0.29, 0.717) is 11.6 Å². The highest BCUT2D eigenvalue weighted by atomic mass is 79.9. The maximum atomic E-state index is 5.76. The second-order valence-electron chi connectivity index (χ2n) is 3.87. The van der Waals surface area contributed by atoms with E-state index in [4.69, 9.17) is 10.2 Å². The summed E-state index contributed by atoms with van der Waals surface area (Å²) in [6.45, 7) is 0. The quantitative estimate of drug-likeness (QED) is 0.639. The SMILES string of the molecule is Nc1ccc(-c2nc3cc(Br)ccc3o2)cc1Br. The van der Waals surface area contributed by atoms with Crippen LogP contribution in [0, 0.1) is 0 Å². The Morgan fingerprint density at radius 2 is 1.89 bits per heavy atom. The molecule has 0 fully saturated rings. The Morgan fingerprint density at radius 3 is 2.67 bits per heavy atom. The molecule has 0 unspecified atom stereocenters. The minimum atomic E-state index is 0.587. The number of hydrogen-bond acceptors (Lipinski definition) is 3. The normalized spacial score (nSPS) is 11.0. The van der Waals surface area contributed by atoms with Crippen LogP contribution in [0.15, 0.2) is 49.8 Å². The Bertz CT molecular complexity index is 737. The predicted octanol–water partition coefficient (Wildman–Crippen LogP) is 4.60. The lowest BCUT2D eigenvalue weighted by molar-refractivity contribution is 0.620. The van der Waals surface area contributed by atoms with E-state index in [1.54, 1.807) is 0 Å². The van der Waals surface area contributed by atoms with Crippen LogP contribution in [0.2, 0.25) is 0 Å². The van der Waals surface area contributed by atoms with Crippen molar-refractivity contribution in [1.82, 2.24) is 4.98 Å². The minimum absolute atomic E-state index is 0.587. The molecule has 0 bridgehead atoms. The largest absolute Gasteiger partial charge is 0.436 e. The van der Waals surface area contributed by atoms with Crippen LogP contribution < -0.4 is 5.73 Å². The molecule has 5 heteroatoms. The van der Waals surface area contributed by atoms with Crippen molar-refractivity contribution in [3.05, 3.63) is 45.3 Å². The molecule has 3 aromatic rings. The summed E-state index contributed by atoms with van der Waals surface area (Å²) < 4.78 is 7.53. The fourth-order valence-corrected chi connectivity index (χ4v) is 2.41. The van der Waals surface area contributed by atoms with Crippen molar-refractivity contribution < 1.29 is 4.42 Å². The molecular weight excluding hydrogens is 360 g/mol. The van der Waals surface area contributed by atoms with Gasteiger partial charge in [0, 0.05) is 20.2 Å². The highest BCUT2D eigenvalue weighted by Gasteiger charge is 2.09. The summed E-state index contributed by atoms with van der Waals surface area (Å²) in [5.41, 5.74) is 8.93. The zero-order chi connectivity index (χ0) is 12.7. The van der Waals surface area contributed by atoms with Crippen molar-refractivity contribution in [3.63, 3.8) is 0 Å². The van der Waals surface area contributed by atoms with Gasteiger partial charge in [0.2, 0.25) is 5.89 Å². The van der Waals surface area contributed by atoms with E-state index in [1.165, 1.54) is 0 Å². The van der Waals surface area contributed by atoms with Crippen LogP contribution in [0.25, 0.3) is 22.6 Å². The van der Waals surface area contributed by atoms with Gasteiger partial charge in [-0.1, -0.05) is 15.9 Å². The molecule has 90 valence electrons. The summed E-state index contributed by atoms with van der Waals surface area (Å²) in [4.78, 5) is 4.46. The van der Waals surface area contributed by atoms with Crippen molar-refractivity contribution in [2.24, 2.45) is 0 Å². The Kier molecular flexibility index (Phi) is 2.87. The topological polar surface area (TPSA) is 52.0 Å². The van der Waals surface area contributed by atoms with Gasteiger partial charge in [-0.3, -0.25) is 0 Å². The van der Waals surface area contributed by atoms with Gasteiger partial charge in [-0.05, 0) is 52.3 Å². The highest BCUT2D eigenvalue weighted by Crippen LogP contribution is 2.30. The number of rotatable bonds is 1. The molecule has 2 aromatic carbocycles. The summed E-state index contributed by atoms with van der Waals surface area (Å²) in [5, 5.41) is 0. The Labute approximate surface area is 120 Å². The van der Waals surface area contributed by atoms with E-state index < -0.39 is 0 Å². The molecule has 3 nitrogen and oxygen atoms in total. The zero-order valence-electron chi connectivity index (χ0n) is 9.15. The van der Waals surface area contributed by atoms with Gasteiger partial charge in [0.15, 0.2) is 5.58 Å². The molecule has 0 aliphatic heterocycles. The maximum absolute atomic E-state index is 5.76. The number of oxazole rings is 1. The first-order chi connectivity index (χ1) is 8.63. The molecule has 1 aromatic heterocycles. The van der Waals surface area contributed by atoms with E-state index in [2.05, 4.69) is 36.8 Å². The number of halogens is 2. The van der Waals surface area contributed by atoms with E-state index in [9.17, 15) is 0 Å². The number of aromatic nitrogens is 1. The Morgan fingerprint density at radius 1 is 1.06 bits per heavy atom. The lowest BCUT2D eigenvalue weighted by Crippen LogP contribution is -1.86. The molecule has 0 atom stereocenters. The maximum Gasteiger partial charge on any atom is 0.227 e. The number of nitrogens with zero attached hydrogens (tertiary/aromatic N) is 1. The predicted molar refractivity (Wildman–Crippen MR) is 79.3 cm³/mol. The van der Waals surface area contributed by atoms with Gasteiger partial charge in [0.1, 0.15) is 5.52 Å². The van der Waals surface area contributed by atoms with Crippen molar-refractivity contribution >= 4 is 48.6 Å². The van der Waals surface area contributed by atoms with Crippen LogP contribution in [0.4, 0.5) is 5.69 Å². The second-order valence-corrected chi connectivity index (χ2v) is 5.64. The average Bonchev–Trinajstić information content (AvgIpc) is 2.75. The van der Waals surface area contributed by atoms with Crippen LogP contribution in [0.3, 0.4) is 0 Å². The van der Waals surface area contributed by atoms with Gasteiger partial charge in [0.05, 0.1) is 0 Å². The molecule has 0 spiro atoms. The molecule has 0 aliphatic carbocycles. The van der Waals surface area contributed by atoms with Crippen molar-refractivity contribution in [1.29, 1.82) is 0 Å². The number of fused-ring (bicyclic) bond motifs is 1. The third-order valence-electron chi connectivity index (χ3n) is 2.60. The van der Waals surface area contributed by atoms with E-state index >= 15 is 0 Å². The van der Waals surface area contributed by atoms with Gasteiger partial charge < -0.3 is 10.2 Å². The van der Waals surface area contributed by atoms with E-state index in [1.807, 2.05) is 36.4 Å². The average molecular weight is 368 g/mol. The number of anilines is 1. The molecule has 0 saturated carbocycles. The third kappa shape index (κ3) is 2.04. The third-order valence-corrected chi connectivity index (χ3v) is 3.78. The monoisotopic (exact) mass is 366 g/mol. The van der Waals surface area contributed by atoms with Gasteiger partial charge in [-0.15, -0.1) is 0 Å². The Hall–Kier alpha value is -1.33. The van der Waals surface area contributed by atoms with Crippen molar-refractivity contribution in [2.45, 2.75) is 0 Å². The lowest BCUT2D eigenvalue weighted by atomic mass is 10.2. The smallest absolute Gasteiger partial charge is 0.227 e. The van der Waals surface area contributed by atoms with Crippen LogP contribution in [-0.2, 0) is 0 Å². The molecule has 1 heterocycles. The number of hydrogen-bond donors (Lipinski definition) is 1. The lowest BCUT2D eigenvalue weighted by Gasteiger charge is -1.99. The molecule has 2 N–H and O–H groups in total. The van der Waals surface area contributed by atoms with Crippen LogP contribution in [0.5, 0.6) is 0 Å². The van der Waals surface area contributed by atoms with Crippen LogP contribution >= 0.6 is 31.9 Å². The number of nitrogens with two attached hydrogens (primary N) is 1. The second kappa shape index (κ2) is 4.40. The van der Waals surface area contributed by atoms with Crippen molar-refractivity contribution in [2.75, 3.05) is 5.73 Å². The summed E-state index contributed by atoms with van der Waals surface area (Å²) >= 11 is 6.81. The first kappa shape index (κ1) is 11.7. The molecule has 18 heavy (non-hydrogen) atoms. The minimum Gasteiger partial charge on any atom is -0.436 e. The van der Waals surface area contributed by atoms with Gasteiger partial charge in [-0.2, -0.15) is 0 Å². The van der Waals surface area contributed by atoms with Crippen LogP contribution in [-0.4, -0.2) is 4.98 Å². The standard InChI is InChI=1S/C13H8Br2N2O/c14-8-2-4-12-11(6-8)17-13(18-12)7-1-3-10(16)9(15)5-7/h1-6H,16H2. The number of nitrogen functional groups attached to an aromatic ring is 1. The molecule has 3 rings (SSSR count). The summed E-state index contributed by atoms with van der Waals surface area (Å²) in [6, 6.07) is 11.4. The fourth-order valence-electron chi connectivity index (χ4n) is 1.68. The highest BCUT2D eigenvalue weighted by molar-refractivity contribution is 9.10. The molecule has 0 saturated heterocycles. The van der Waals surface area contributed by atoms with Gasteiger partial charge >= 0.3 is 0 Å². The fraction of sp³-hybridized carbons (Fsp3) is 0. The number of benzene rings is 2. The van der Waals surface area contributed by atoms with E-state index in [-0.39, 0.29) is 0 Å². The molecule has 0 amide bonds. The molecule has 0 radical (unpaired) electrons. The molecule has 0 aliphatic rings. The zero-order valence-corrected chi connectivity index (χ0v) is 12.3. The first-order valence-corrected chi connectivity index (χ1v) is 6.83. The summed E-state index contributed by atoms with van der Waals surface area (Å²) in [5.74, 6) is 0.587. The summed E-state index contributed by atoms with van der Waals surface area (Å²) in [7, 11) is 0. The first-order valence-electron chi connectivity index (χ1n) is 5.25. The Balaban J connectivity index is 2.16. The van der Waals surface area contributed by atoms with Gasteiger partial charge in [0.25, 0.3) is 0 Å². The molecular formula is C13H8Br2N2O. The summed E-state index contributed by atoms with van der Waals surface area (Å²) in [6.07, 6.45) is 0.